The van der Waals surface area contributed by atoms with Crippen LogP contribution in [0.4, 0.5) is 8.78 Å². The molecule has 0 unspecified atom stereocenters. The van der Waals surface area contributed by atoms with Crippen molar-refractivity contribution in [2.75, 3.05) is 5.75 Å². The highest BCUT2D eigenvalue weighted by Gasteiger charge is 2.11. The largest absolute Gasteiger partial charge is 0.325 e. The van der Waals surface area contributed by atoms with Crippen LogP contribution in [0.3, 0.4) is 0 Å². The molecule has 0 aliphatic heterocycles. The second-order valence-electron chi connectivity index (χ2n) is 4.51. The molecule has 0 aromatic heterocycles. The quantitative estimate of drug-likeness (QED) is 0.805. The van der Waals surface area contributed by atoms with Gasteiger partial charge in [0.2, 0.25) is 6.43 Å². The number of halogens is 2. The van der Waals surface area contributed by atoms with Gasteiger partial charge < -0.3 is 5.73 Å². The highest BCUT2D eigenvalue weighted by atomic mass is 32.2. The van der Waals surface area contributed by atoms with Gasteiger partial charge in [0.05, 0.1) is 5.75 Å². The number of benzene rings is 1. The zero-order valence-corrected chi connectivity index (χ0v) is 10.4. The van der Waals surface area contributed by atoms with E-state index in [1.165, 1.54) is 11.8 Å². The van der Waals surface area contributed by atoms with E-state index in [1.807, 2.05) is 38.1 Å². The molecular formula is C12H17F2NS. The van der Waals surface area contributed by atoms with Gasteiger partial charge in [-0.15, -0.1) is 11.8 Å². The monoisotopic (exact) mass is 245 g/mol. The van der Waals surface area contributed by atoms with E-state index in [9.17, 15) is 8.78 Å². The van der Waals surface area contributed by atoms with Gasteiger partial charge >= 0.3 is 0 Å². The summed E-state index contributed by atoms with van der Waals surface area (Å²) < 4.78 is 24.0. The van der Waals surface area contributed by atoms with Crippen LogP contribution in [0.5, 0.6) is 0 Å². The maximum Gasteiger partial charge on any atom is 0.247 e. The highest BCUT2D eigenvalue weighted by molar-refractivity contribution is 7.99. The van der Waals surface area contributed by atoms with Gasteiger partial charge in [0.25, 0.3) is 0 Å². The molecule has 0 saturated carbocycles. The predicted octanol–water partition coefficient (Wildman–Crippen LogP) is 3.32. The lowest BCUT2D eigenvalue weighted by atomic mass is 9.96. The smallest absolute Gasteiger partial charge is 0.247 e. The van der Waals surface area contributed by atoms with Crippen LogP contribution in [0, 0.1) is 0 Å². The molecule has 2 N–H and O–H groups in total. The summed E-state index contributed by atoms with van der Waals surface area (Å²) >= 11 is 1.17. The molecule has 0 atom stereocenters. The number of hydrogen-bond donors (Lipinski definition) is 1. The Morgan fingerprint density at radius 2 is 1.81 bits per heavy atom. The number of thioether (sulfide) groups is 1. The fourth-order valence-electron chi connectivity index (χ4n) is 1.39. The highest BCUT2D eigenvalue weighted by Crippen LogP contribution is 2.21. The zero-order valence-electron chi connectivity index (χ0n) is 9.54. The molecule has 0 heterocycles. The summed E-state index contributed by atoms with van der Waals surface area (Å²) in [6, 6.07) is 7.63. The van der Waals surface area contributed by atoms with Gasteiger partial charge in [0, 0.05) is 10.4 Å². The van der Waals surface area contributed by atoms with Crippen LogP contribution < -0.4 is 5.73 Å². The van der Waals surface area contributed by atoms with Gasteiger partial charge in [-0.1, -0.05) is 12.1 Å². The number of nitrogens with two attached hydrogens (primary N) is 1. The Labute approximate surface area is 99.4 Å². The summed E-state index contributed by atoms with van der Waals surface area (Å²) in [6.45, 7) is 3.93. The second kappa shape index (κ2) is 5.64. The Morgan fingerprint density at radius 1 is 1.25 bits per heavy atom. The zero-order chi connectivity index (χ0) is 12.2. The minimum absolute atomic E-state index is 0.151. The van der Waals surface area contributed by atoms with Gasteiger partial charge in [-0.3, -0.25) is 0 Å². The topological polar surface area (TPSA) is 26.0 Å². The molecule has 0 spiro atoms. The fraction of sp³-hybridized carbons (Fsp3) is 0.500. The average Bonchev–Trinajstić information content (AvgIpc) is 2.14. The summed E-state index contributed by atoms with van der Waals surface area (Å²) in [5.74, 6) is -0.151. The number of rotatable bonds is 5. The van der Waals surface area contributed by atoms with Crippen molar-refractivity contribution >= 4 is 11.8 Å². The normalized spacial score (nSPS) is 12.1. The molecule has 0 bridgehead atoms. The maximum absolute atomic E-state index is 12.0. The third kappa shape index (κ3) is 5.47. The summed E-state index contributed by atoms with van der Waals surface area (Å²) in [5, 5.41) is 0. The van der Waals surface area contributed by atoms with Crippen LogP contribution in [-0.4, -0.2) is 17.7 Å². The molecule has 1 aromatic carbocycles. The summed E-state index contributed by atoms with van der Waals surface area (Å²) in [4.78, 5) is 0.874. The molecule has 1 aromatic rings. The first kappa shape index (κ1) is 13.5. The molecule has 0 amide bonds. The fourth-order valence-corrected chi connectivity index (χ4v) is 2.04. The molecule has 0 aliphatic rings. The predicted molar refractivity (Wildman–Crippen MR) is 65.1 cm³/mol. The van der Waals surface area contributed by atoms with E-state index in [0.717, 1.165) is 16.9 Å². The molecular weight excluding hydrogens is 228 g/mol. The third-order valence-corrected chi connectivity index (χ3v) is 2.98. The van der Waals surface area contributed by atoms with Crippen LogP contribution in [0.1, 0.15) is 19.4 Å². The lowest BCUT2D eigenvalue weighted by Gasteiger charge is -2.18. The van der Waals surface area contributed by atoms with Gasteiger partial charge in [-0.05, 0) is 38.0 Å². The van der Waals surface area contributed by atoms with Crippen LogP contribution in [0.15, 0.2) is 29.2 Å². The molecule has 4 heteroatoms. The van der Waals surface area contributed by atoms with Crippen molar-refractivity contribution in [3.05, 3.63) is 29.8 Å². The number of hydrogen-bond acceptors (Lipinski definition) is 2. The van der Waals surface area contributed by atoms with Crippen molar-refractivity contribution in [3.63, 3.8) is 0 Å². The summed E-state index contributed by atoms with van der Waals surface area (Å²) in [5.41, 5.74) is 6.79. The van der Waals surface area contributed by atoms with E-state index in [0.29, 0.717) is 0 Å². The average molecular weight is 245 g/mol. The second-order valence-corrected chi connectivity index (χ2v) is 5.60. The molecule has 1 nitrogen and oxygen atoms in total. The van der Waals surface area contributed by atoms with E-state index >= 15 is 0 Å². The summed E-state index contributed by atoms with van der Waals surface area (Å²) in [7, 11) is 0. The Morgan fingerprint density at radius 3 is 2.25 bits per heavy atom. The van der Waals surface area contributed by atoms with Gasteiger partial charge in [0.1, 0.15) is 0 Å². The van der Waals surface area contributed by atoms with Crippen molar-refractivity contribution in [1.82, 2.24) is 0 Å². The Hall–Kier alpha value is -0.610. The minimum Gasteiger partial charge on any atom is -0.325 e. The van der Waals surface area contributed by atoms with E-state index in [1.54, 1.807) is 0 Å². The van der Waals surface area contributed by atoms with Crippen LogP contribution in [0.2, 0.25) is 0 Å². The van der Waals surface area contributed by atoms with Crippen molar-refractivity contribution in [3.8, 4) is 0 Å². The first-order valence-electron chi connectivity index (χ1n) is 5.15. The summed E-state index contributed by atoms with van der Waals surface area (Å²) in [6.07, 6.45) is -1.47. The lowest BCUT2D eigenvalue weighted by Crippen LogP contribution is -2.34. The molecule has 0 fully saturated rings. The van der Waals surface area contributed by atoms with Crippen LogP contribution in [0.25, 0.3) is 0 Å². The van der Waals surface area contributed by atoms with E-state index in [4.69, 9.17) is 5.73 Å². The van der Waals surface area contributed by atoms with Crippen molar-refractivity contribution in [2.24, 2.45) is 5.73 Å². The Bertz CT molecular complexity index is 317. The van der Waals surface area contributed by atoms with Gasteiger partial charge in [-0.2, -0.15) is 0 Å². The minimum atomic E-state index is -2.26. The SMILES string of the molecule is CC(C)(N)Cc1ccc(SCC(F)F)cc1. The first-order valence-corrected chi connectivity index (χ1v) is 6.14. The van der Waals surface area contributed by atoms with Crippen LogP contribution in [-0.2, 0) is 6.42 Å². The molecule has 0 aliphatic carbocycles. The standard InChI is InChI=1S/C12H17F2NS/c1-12(2,15)7-9-3-5-10(6-4-9)16-8-11(13)14/h3-6,11H,7-8,15H2,1-2H3. The molecule has 0 radical (unpaired) electrons. The molecule has 0 saturated heterocycles. The lowest BCUT2D eigenvalue weighted by molar-refractivity contribution is 0.177. The Balaban J connectivity index is 2.54. The van der Waals surface area contributed by atoms with Gasteiger partial charge in [-0.25, -0.2) is 8.78 Å². The molecule has 1 rings (SSSR count). The first-order chi connectivity index (χ1) is 7.37. The molecule has 90 valence electrons. The van der Waals surface area contributed by atoms with E-state index < -0.39 is 6.43 Å². The Kier molecular flexibility index (Phi) is 4.74. The van der Waals surface area contributed by atoms with Crippen molar-refractivity contribution in [1.29, 1.82) is 0 Å². The van der Waals surface area contributed by atoms with E-state index in [-0.39, 0.29) is 11.3 Å². The van der Waals surface area contributed by atoms with Crippen molar-refractivity contribution < 1.29 is 8.78 Å². The van der Waals surface area contributed by atoms with Crippen molar-refractivity contribution in [2.45, 2.75) is 37.1 Å². The van der Waals surface area contributed by atoms with Crippen LogP contribution >= 0.6 is 11.8 Å². The van der Waals surface area contributed by atoms with Gasteiger partial charge in [0.15, 0.2) is 0 Å². The number of alkyl halides is 2. The van der Waals surface area contributed by atoms with E-state index in [2.05, 4.69) is 0 Å². The maximum atomic E-state index is 12.0. The molecule has 16 heavy (non-hydrogen) atoms. The third-order valence-electron chi connectivity index (χ3n) is 1.96.